The van der Waals surface area contributed by atoms with Crippen LogP contribution in [0.25, 0.3) is 0 Å². The molecule has 1 heterocycles. The quantitative estimate of drug-likeness (QED) is 0.668. The molecule has 2 aromatic rings. The summed E-state index contributed by atoms with van der Waals surface area (Å²) in [6, 6.07) is 5.00. The molecule has 0 unspecified atom stereocenters. The van der Waals surface area contributed by atoms with Crippen molar-refractivity contribution in [3.8, 4) is 5.75 Å². The summed E-state index contributed by atoms with van der Waals surface area (Å²) >= 11 is 0. The Bertz CT molecular complexity index is 757. The third-order valence-electron chi connectivity index (χ3n) is 3.61. The normalized spacial score (nSPS) is 10.5. The Hall–Kier alpha value is -2.90. The van der Waals surface area contributed by atoms with E-state index in [-0.39, 0.29) is 5.91 Å². The Kier molecular flexibility index (Phi) is 7.13. The van der Waals surface area contributed by atoms with Gasteiger partial charge < -0.3 is 19.7 Å². The third-order valence-corrected chi connectivity index (χ3v) is 3.61. The smallest absolute Gasteiger partial charge is 0.341 e. The molecule has 1 amide bonds. The van der Waals surface area contributed by atoms with Gasteiger partial charge in [-0.3, -0.25) is 4.79 Å². The number of carboxylic acid groups (broad SMARTS) is 1. The molecule has 140 valence electrons. The van der Waals surface area contributed by atoms with Gasteiger partial charge in [-0.2, -0.15) is 4.98 Å². The van der Waals surface area contributed by atoms with E-state index in [1.165, 1.54) is 0 Å². The van der Waals surface area contributed by atoms with E-state index in [1.54, 1.807) is 18.2 Å². The highest BCUT2D eigenvalue weighted by molar-refractivity contribution is 5.91. The molecule has 0 radical (unpaired) electrons. The lowest BCUT2D eigenvalue weighted by Crippen LogP contribution is -2.13. The highest BCUT2D eigenvalue weighted by atomic mass is 16.5. The monoisotopic (exact) mass is 361 g/mol. The van der Waals surface area contributed by atoms with Gasteiger partial charge >= 0.3 is 5.97 Å². The van der Waals surface area contributed by atoms with Gasteiger partial charge in [0.2, 0.25) is 11.8 Å². The SMILES string of the molecule is CCCc1noc(CCCC(=O)Nc2ccc(OCC(=O)O)cc2C)n1. The molecule has 0 saturated carbocycles. The molecule has 0 aliphatic carbocycles. The van der Waals surface area contributed by atoms with Crippen LogP contribution in [-0.4, -0.2) is 33.7 Å². The Morgan fingerprint density at radius 2 is 2.12 bits per heavy atom. The van der Waals surface area contributed by atoms with E-state index in [4.69, 9.17) is 14.4 Å². The first-order chi connectivity index (χ1) is 12.5. The first kappa shape index (κ1) is 19.4. The van der Waals surface area contributed by atoms with E-state index in [0.717, 1.165) is 18.4 Å². The molecule has 0 bridgehead atoms. The zero-order chi connectivity index (χ0) is 18.9. The molecule has 0 saturated heterocycles. The number of nitrogens with one attached hydrogen (secondary N) is 1. The fraction of sp³-hybridized carbons (Fsp3) is 0.444. The van der Waals surface area contributed by atoms with Crippen molar-refractivity contribution in [2.24, 2.45) is 0 Å². The topological polar surface area (TPSA) is 115 Å². The van der Waals surface area contributed by atoms with Gasteiger partial charge in [0, 0.05) is 24.9 Å². The molecule has 2 rings (SSSR count). The number of aryl methyl sites for hydroxylation is 3. The van der Waals surface area contributed by atoms with Crippen molar-refractivity contribution in [2.75, 3.05) is 11.9 Å². The molecule has 1 aromatic carbocycles. The molecule has 8 nitrogen and oxygen atoms in total. The van der Waals surface area contributed by atoms with Crippen LogP contribution in [0.5, 0.6) is 5.75 Å². The number of carbonyl (C=O) groups excluding carboxylic acids is 1. The number of amides is 1. The molecule has 2 N–H and O–H groups in total. The predicted octanol–water partition coefficient (Wildman–Crippen LogP) is 2.76. The van der Waals surface area contributed by atoms with Crippen molar-refractivity contribution in [3.63, 3.8) is 0 Å². The summed E-state index contributed by atoms with van der Waals surface area (Å²) < 4.78 is 10.2. The van der Waals surface area contributed by atoms with Gasteiger partial charge in [-0.1, -0.05) is 12.1 Å². The van der Waals surface area contributed by atoms with Crippen LogP contribution in [-0.2, 0) is 22.4 Å². The van der Waals surface area contributed by atoms with Crippen molar-refractivity contribution in [1.29, 1.82) is 0 Å². The van der Waals surface area contributed by atoms with Crippen molar-refractivity contribution in [2.45, 2.75) is 46.0 Å². The number of hydrogen-bond acceptors (Lipinski definition) is 6. The third kappa shape index (κ3) is 6.19. The van der Waals surface area contributed by atoms with Crippen molar-refractivity contribution in [3.05, 3.63) is 35.5 Å². The number of nitrogens with zero attached hydrogens (tertiary/aromatic N) is 2. The van der Waals surface area contributed by atoms with Crippen LogP contribution < -0.4 is 10.1 Å². The minimum Gasteiger partial charge on any atom is -0.482 e. The highest BCUT2D eigenvalue weighted by Crippen LogP contribution is 2.21. The van der Waals surface area contributed by atoms with Gasteiger partial charge in [0.15, 0.2) is 12.4 Å². The van der Waals surface area contributed by atoms with Gasteiger partial charge in [-0.15, -0.1) is 0 Å². The molecule has 0 spiro atoms. The number of hydrogen-bond donors (Lipinski definition) is 2. The lowest BCUT2D eigenvalue weighted by molar-refractivity contribution is -0.139. The number of rotatable bonds is 10. The number of carbonyl (C=O) groups is 2. The van der Waals surface area contributed by atoms with Gasteiger partial charge in [-0.05, 0) is 43.5 Å². The van der Waals surface area contributed by atoms with E-state index in [1.807, 2.05) is 13.8 Å². The number of anilines is 1. The summed E-state index contributed by atoms with van der Waals surface area (Å²) in [5.41, 5.74) is 1.46. The summed E-state index contributed by atoms with van der Waals surface area (Å²) in [4.78, 5) is 26.9. The summed E-state index contributed by atoms with van der Waals surface area (Å²) in [6.45, 7) is 3.46. The molecule has 26 heavy (non-hydrogen) atoms. The number of aromatic nitrogens is 2. The highest BCUT2D eigenvalue weighted by Gasteiger charge is 2.09. The van der Waals surface area contributed by atoms with E-state index >= 15 is 0 Å². The molecule has 0 fully saturated rings. The van der Waals surface area contributed by atoms with Crippen LogP contribution in [0.3, 0.4) is 0 Å². The van der Waals surface area contributed by atoms with E-state index in [2.05, 4.69) is 15.5 Å². The standard InChI is InChI=1S/C18H23N3O5/c1-3-5-15-20-17(26-21-15)7-4-6-16(22)19-14-9-8-13(10-12(14)2)25-11-18(23)24/h8-10H,3-7,11H2,1-2H3,(H,19,22)(H,23,24). The minimum absolute atomic E-state index is 0.111. The molecular weight excluding hydrogens is 338 g/mol. The van der Waals surface area contributed by atoms with Gasteiger partial charge in [-0.25, -0.2) is 4.79 Å². The van der Waals surface area contributed by atoms with Gasteiger partial charge in [0.05, 0.1) is 0 Å². The van der Waals surface area contributed by atoms with Crippen LogP contribution in [0.15, 0.2) is 22.7 Å². The average molecular weight is 361 g/mol. The predicted molar refractivity (Wildman–Crippen MR) is 94.2 cm³/mol. The maximum atomic E-state index is 12.1. The van der Waals surface area contributed by atoms with E-state index in [0.29, 0.717) is 42.4 Å². The zero-order valence-corrected chi connectivity index (χ0v) is 14.9. The van der Waals surface area contributed by atoms with E-state index in [9.17, 15) is 9.59 Å². The number of benzene rings is 1. The van der Waals surface area contributed by atoms with E-state index < -0.39 is 12.6 Å². The number of ether oxygens (including phenoxy) is 1. The van der Waals surface area contributed by atoms with Crippen molar-refractivity contribution < 1.29 is 24.0 Å². The summed E-state index contributed by atoms with van der Waals surface area (Å²) in [6.07, 6.45) is 3.25. The number of aliphatic carboxylic acids is 1. The summed E-state index contributed by atoms with van der Waals surface area (Å²) in [7, 11) is 0. The molecular formula is C18H23N3O5. The van der Waals surface area contributed by atoms with Crippen LogP contribution >= 0.6 is 0 Å². The average Bonchev–Trinajstić information content (AvgIpc) is 3.03. The first-order valence-electron chi connectivity index (χ1n) is 8.54. The molecule has 0 atom stereocenters. The van der Waals surface area contributed by atoms with Gasteiger partial charge in [0.1, 0.15) is 5.75 Å². The maximum absolute atomic E-state index is 12.1. The number of carboxylic acids is 1. The Morgan fingerprint density at radius 1 is 1.31 bits per heavy atom. The van der Waals surface area contributed by atoms with Gasteiger partial charge in [0.25, 0.3) is 0 Å². The minimum atomic E-state index is -1.04. The second-order valence-corrected chi connectivity index (χ2v) is 5.92. The first-order valence-corrected chi connectivity index (χ1v) is 8.54. The Morgan fingerprint density at radius 3 is 2.81 bits per heavy atom. The lowest BCUT2D eigenvalue weighted by atomic mass is 10.1. The second-order valence-electron chi connectivity index (χ2n) is 5.92. The largest absolute Gasteiger partial charge is 0.482 e. The Labute approximate surface area is 151 Å². The summed E-state index contributed by atoms with van der Waals surface area (Å²) in [5, 5.41) is 15.3. The molecule has 0 aliphatic heterocycles. The molecule has 0 aliphatic rings. The zero-order valence-electron chi connectivity index (χ0n) is 14.9. The van der Waals surface area contributed by atoms with Crippen LogP contribution in [0.1, 0.15) is 43.5 Å². The summed E-state index contributed by atoms with van der Waals surface area (Å²) in [5.74, 6) is 0.552. The second kappa shape index (κ2) is 9.55. The molecule has 1 aromatic heterocycles. The maximum Gasteiger partial charge on any atom is 0.341 e. The fourth-order valence-corrected chi connectivity index (χ4v) is 2.34. The van der Waals surface area contributed by atoms with Crippen LogP contribution in [0, 0.1) is 6.92 Å². The fourth-order valence-electron chi connectivity index (χ4n) is 2.34. The van der Waals surface area contributed by atoms with Crippen LogP contribution in [0.4, 0.5) is 5.69 Å². The lowest BCUT2D eigenvalue weighted by Gasteiger charge is -2.10. The molecule has 8 heteroatoms. The van der Waals surface area contributed by atoms with Crippen molar-refractivity contribution >= 4 is 17.6 Å². The Balaban J connectivity index is 1.78. The van der Waals surface area contributed by atoms with Crippen LogP contribution in [0.2, 0.25) is 0 Å². The van der Waals surface area contributed by atoms with Crippen molar-refractivity contribution in [1.82, 2.24) is 10.1 Å².